The zero-order chi connectivity index (χ0) is 23.4. The van der Waals surface area contributed by atoms with Gasteiger partial charge in [-0.15, -0.1) is 10.2 Å². The Labute approximate surface area is 197 Å². The summed E-state index contributed by atoms with van der Waals surface area (Å²) in [6.45, 7) is 4.44. The third kappa shape index (κ3) is 4.80. The Balaban J connectivity index is 1.50. The molecule has 0 atom stereocenters. The molecule has 172 valence electrons. The lowest BCUT2D eigenvalue weighted by Gasteiger charge is -2.18. The van der Waals surface area contributed by atoms with Gasteiger partial charge in [0.05, 0.1) is 10.6 Å². The van der Waals surface area contributed by atoms with Crippen LogP contribution in [0.4, 0.5) is 0 Å². The van der Waals surface area contributed by atoms with Gasteiger partial charge in [0.25, 0.3) is 0 Å². The highest BCUT2D eigenvalue weighted by Gasteiger charge is 2.23. The number of hydrogen-bond donors (Lipinski definition) is 1. The molecule has 11 heteroatoms. The van der Waals surface area contributed by atoms with Crippen molar-refractivity contribution in [2.45, 2.75) is 29.7 Å². The summed E-state index contributed by atoms with van der Waals surface area (Å²) < 4.78 is 30.3. The second-order valence-electron chi connectivity index (χ2n) is 7.20. The zero-order valence-electron chi connectivity index (χ0n) is 18.4. The van der Waals surface area contributed by atoms with Crippen LogP contribution in [0.2, 0.25) is 0 Å². The summed E-state index contributed by atoms with van der Waals surface area (Å²) in [4.78, 5) is 0.207. The van der Waals surface area contributed by atoms with E-state index < -0.39 is 10.0 Å². The normalized spacial score (nSPS) is 11.8. The van der Waals surface area contributed by atoms with E-state index in [0.29, 0.717) is 35.4 Å². The number of nitrogen functional groups attached to an aromatic ring is 1. The number of thioether (sulfide) groups is 1. The summed E-state index contributed by atoms with van der Waals surface area (Å²) in [5, 5.41) is 13.2. The van der Waals surface area contributed by atoms with Gasteiger partial charge >= 0.3 is 0 Å². The Morgan fingerprint density at radius 1 is 1.03 bits per heavy atom. The summed E-state index contributed by atoms with van der Waals surface area (Å²) in [5.74, 6) is 7.32. The fourth-order valence-electron chi connectivity index (χ4n) is 3.39. The molecule has 33 heavy (non-hydrogen) atoms. The molecule has 0 radical (unpaired) electrons. The average Bonchev–Trinajstić information content (AvgIpc) is 3.49. The van der Waals surface area contributed by atoms with Crippen LogP contribution in [0.1, 0.15) is 19.4 Å². The third-order valence-electron chi connectivity index (χ3n) is 5.17. The number of sulfonamides is 1. The SMILES string of the molecule is CCN(CC)S(=O)(=O)c1cccc(-c2nnc(SCc3ccc(-n4cccn4)cc3)n2N)c1. The topological polar surface area (TPSA) is 112 Å². The zero-order valence-corrected chi connectivity index (χ0v) is 20.0. The number of benzene rings is 2. The molecule has 0 spiro atoms. The van der Waals surface area contributed by atoms with Crippen molar-refractivity contribution < 1.29 is 8.42 Å². The van der Waals surface area contributed by atoms with Gasteiger partial charge in [0, 0.05) is 36.8 Å². The summed E-state index contributed by atoms with van der Waals surface area (Å²) in [6.07, 6.45) is 3.63. The fraction of sp³-hybridized carbons (Fsp3) is 0.227. The second kappa shape index (κ2) is 9.77. The maximum Gasteiger partial charge on any atom is 0.243 e. The first-order valence-electron chi connectivity index (χ1n) is 10.5. The van der Waals surface area contributed by atoms with Crippen molar-refractivity contribution in [3.8, 4) is 17.1 Å². The van der Waals surface area contributed by atoms with Gasteiger partial charge in [0.1, 0.15) is 0 Å². The summed E-state index contributed by atoms with van der Waals surface area (Å²) >= 11 is 1.46. The molecule has 4 aromatic rings. The number of rotatable bonds is 9. The minimum Gasteiger partial charge on any atom is -0.335 e. The van der Waals surface area contributed by atoms with Crippen molar-refractivity contribution in [3.63, 3.8) is 0 Å². The predicted molar refractivity (Wildman–Crippen MR) is 129 cm³/mol. The van der Waals surface area contributed by atoms with Gasteiger partial charge in [-0.2, -0.15) is 9.40 Å². The third-order valence-corrected chi connectivity index (χ3v) is 8.23. The number of nitrogens with zero attached hydrogens (tertiary/aromatic N) is 6. The van der Waals surface area contributed by atoms with Crippen LogP contribution in [0, 0.1) is 0 Å². The molecular formula is C22H25N7O2S2. The van der Waals surface area contributed by atoms with Crippen molar-refractivity contribution >= 4 is 21.8 Å². The van der Waals surface area contributed by atoms with Crippen molar-refractivity contribution in [2.75, 3.05) is 18.9 Å². The Bertz CT molecular complexity index is 1310. The van der Waals surface area contributed by atoms with Crippen LogP contribution in [-0.2, 0) is 15.8 Å². The maximum atomic E-state index is 12.9. The molecule has 0 saturated heterocycles. The minimum absolute atomic E-state index is 0.207. The van der Waals surface area contributed by atoms with Crippen LogP contribution in [0.3, 0.4) is 0 Å². The van der Waals surface area contributed by atoms with Crippen LogP contribution in [0.25, 0.3) is 17.1 Å². The molecule has 2 heterocycles. The van der Waals surface area contributed by atoms with Crippen molar-refractivity contribution in [1.29, 1.82) is 0 Å². The minimum atomic E-state index is -3.58. The van der Waals surface area contributed by atoms with Crippen LogP contribution in [0.5, 0.6) is 0 Å². The van der Waals surface area contributed by atoms with E-state index >= 15 is 0 Å². The van der Waals surface area contributed by atoms with E-state index in [1.807, 2.05) is 50.4 Å². The summed E-state index contributed by atoms with van der Waals surface area (Å²) in [6, 6.07) is 16.6. The molecule has 0 aliphatic rings. The highest BCUT2D eigenvalue weighted by Crippen LogP contribution is 2.27. The van der Waals surface area contributed by atoms with E-state index in [4.69, 9.17) is 5.84 Å². The average molecular weight is 484 g/mol. The smallest absolute Gasteiger partial charge is 0.243 e. The Morgan fingerprint density at radius 3 is 2.45 bits per heavy atom. The quantitative estimate of drug-likeness (QED) is 0.287. The van der Waals surface area contributed by atoms with Gasteiger partial charge in [-0.3, -0.25) is 0 Å². The molecule has 0 fully saturated rings. The Kier molecular flexibility index (Phi) is 6.82. The van der Waals surface area contributed by atoms with Crippen LogP contribution in [0.15, 0.2) is 77.0 Å². The fourth-order valence-corrected chi connectivity index (χ4v) is 5.71. The lowest BCUT2D eigenvalue weighted by atomic mass is 10.2. The van der Waals surface area contributed by atoms with Crippen molar-refractivity contribution in [3.05, 3.63) is 72.6 Å². The number of aromatic nitrogens is 5. The molecule has 0 amide bonds. The van der Waals surface area contributed by atoms with Crippen LogP contribution in [-0.4, -0.2) is 50.5 Å². The molecule has 2 aromatic carbocycles. The van der Waals surface area contributed by atoms with Gasteiger partial charge in [-0.05, 0) is 35.9 Å². The maximum absolute atomic E-state index is 12.9. The van der Waals surface area contributed by atoms with E-state index in [1.54, 1.807) is 35.1 Å². The lowest BCUT2D eigenvalue weighted by molar-refractivity contribution is 0.445. The highest BCUT2D eigenvalue weighted by molar-refractivity contribution is 7.98. The van der Waals surface area contributed by atoms with Gasteiger partial charge in [-0.25, -0.2) is 17.8 Å². The van der Waals surface area contributed by atoms with Crippen LogP contribution >= 0.6 is 11.8 Å². The van der Waals surface area contributed by atoms with Crippen molar-refractivity contribution in [2.24, 2.45) is 0 Å². The first-order chi connectivity index (χ1) is 15.9. The van der Waals surface area contributed by atoms with E-state index in [2.05, 4.69) is 15.3 Å². The van der Waals surface area contributed by atoms with Gasteiger partial charge in [0.15, 0.2) is 5.82 Å². The summed E-state index contributed by atoms with van der Waals surface area (Å²) in [7, 11) is -3.58. The van der Waals surface area contributed by atoms with Gasteiger partial charge in [0.2, 0.25) is 15.2 Å². The largest absolute Gasteiger partial charge is 0.335 e. The Hall–Kier alpha value is -3.15. The molecule has 0 unspecified atom stereocenters. The van der Waals surface area contributed by atoms with Crippen LogP contribution < -0.4 is 5.84 Å². The van der Waals surface area contributed by atoms with E-state index in [1.165, 1.54) is 20.7 Å². The van der Waals surface area contributed by atoms with Gasteiger partial charge < -0.3 is 5.84 Å². The van der Waals surface area contributed by atoms with E-state index in [9.17, 15) is 8.42 Å². The number of nitrogens with two attached hydrogens (primary N) is 1. The monoisotopic (exact) mass is 483 g/mol. The molecule has 2 aromatic heterocycles. The molecule has 2 N–H and O–H groups in total. The van der Waals surface area contributed by atoms with E-state index in [0.717, 1.165) is 11.3 Å². The van der Waals surface area contributed by atoms with Gasteiger partial charge in [-0.1, -0.05) is 49.9 Å². The molecule has 0 aliphatic heterocycles. The molecular weight excluding hydrogens is 458 g/mol. The molecule has 0 saturated carbocycles. The standard InChI is InChI=1S/C22H25N7O2S2/c1-3-27(4-2)33(30,31)20-8-5-7-18(15-20)21-25-26-22(29(21)23)32-16-17-9-11-19(12-10-17)28-14-6-13-24-28/h5-15H,3-4,16,23H2,1-2H3. The number of hydrogen-bond acceptors (Lipinski definition) is 7. The molecule has 0 bridgehead atoms. The van der Waals surface area contributed by atoms with Crippen molar-refractivity contribution in [1.82, 2.24) is 29.0 Å². The van der Waals surface area contributed by atoms with E-state index in [-0.39, 0.29) is 4.90 Å². The molecule has 4 rings (SSSR count). The Morgan fingerprint density at radius 2 is 1.79 bits per heavy atom. The first kappa shape index (κ1) is 23.0. The first-order valence-corrected chi connectivity index (χ1v) is 12.9. The summed E-state index contributed by atoms with van der Waals surface area (Å²) in [5.41, 5.74) is 2.68. The molecule has 9 nitrogen and oxygen atoms in total. The second-order valence-corrected chi connectivity index (χ2v) is 10.1. The lowest BCUT2D eigenvalue weighted by Crippen LogP contribution is -2.30. The molecule has 0 aliphatic carbocycles. The highest BCUT2D eigenvalue weighted by atomic mass is 32.2. The predicted octanol–water partition coefficient (Wildman–Crippen LogP) is 3.17.